The van der Waals surface area contributed by atoms with E-state index in [9.17, 15) is 37.3 Å². The Labute approximate surface area is 330 Å². The maximum atomic E-state index is 12.1. The summed E-state index contributed by atoms with van der Waals surface area (Å²) in [6.07, 6.45) is 8.60. The number of rotatable bonds is 20. The molecule has 16 heteroatoms. The van der Waals surface area contributed by atoms with Gasteiger partial charge in [0.05, 0.1) is 25.7 Å². The van der Waals surface area contributed by atoms with Crippen molar-refractivity contribution in [3.63, 3.8) is 0 Å². The molecule has 0 saturated carbocycles. The second-order valence-corrected chi connectivity index (χ2v) is 13.1. The molecule has 6 atom stereocenters. The predicted molar refractivity (Wildman–Crippen MR) is 175 cm³/mol. The third kappa shape index (κ3) is 19.2. The van der Waals surface area contributed by atoms with Crippen LogP contribution in [0.25, 0.3) is 0 Å². The fourth-order valence-corrected chi connectivity index (χ4v) is 5.76. The van der Waals surface area contributed by atoms with Gasteiger partial charge in [0.25, 0.3) is 5.91 Å². The van der Waals surface area contributed by atoms with Crippen LogP contribution in [0.2, 0.25) is 0 Å². The van der Waals surface area contributed by atoms with E-state index in [0.29, 0.717) is 6.42 Å². The first kappa shape index (κ1) is 53.7. The Hall–Kier alpha value is -0.110. The zero-order chi connectivity index (χ0) is 33.9. The van der Waals surface area contributed by atoms with Crippen molar-refractivity contribution >= 4 is 49.8 Å². The van der Waals surface area contributed by atoms with E-state index >= 15 is 0 Å². The molecule has 0 aromatic carbocycles. The maximum absolute atomic E-state index is 12.1. The molecule has 0 bridgehead atoms. The Morgan fingerprint density at radius 1 is 0.872 bits per heavy atom. The van der Waals surface area contributed by atoms with Gasteiger partial charge in [-0.05, 0) is 43.4 Å². The van der Waals surface area contributed by atoms with Crippen LogP contribution in [0.1, 0.15) is 126 Å². The number of ether oxygens (including phenoxy) is 2. The van der Waals surface area contributed by atoms with Crippen LogP contribution < -0.4 is 69.5 Å². The molecule has 0 aromatic rings. The number of amidine groups is 1. The second kappa shape index (κ2) is 28.6. The maximum Gasteiger partial charge on any atom is 1.00 e. The molecule has 0 aromatic heterocycles. The number of aliphatic imine (C=N–C) groups is 1. The second-order valence-electron chi connectivity index (χ2n) is 11.5. The average Bonchev–Trinajstić information content (AvgIpc) is 2.96. The first-order chi connectivity index (χ1) is 20.7. The molecule has 1 aliphatic rings. The van der Waals surface area contributed by atoms with Crippen LogP contribution in [0.5, 0.6) is 0 Å². The zero-order valence-electron chi connectivity index (χ0n) is 30.4. The molecule has 12 nitrogen and oxygen atoms in total. The number of unbranched alkanes of at least 4 members (excludes halogenated alkanes) is 2. The van der Waals surface area contributed by atoms with Gasteiger partial charge in [-0.2, -0.15) is 9.90 Å². The summed E-state index contributed by atoms with van der Waals surface area (Å²) in [7, 11) is -5.01. The number of amides is 2. The summed E-state index contributed by atoms with van der Waals surface area (Å²) in [5.41, 5.74) is -1.15. The number of hydrogen-bond donors (Lipinski definition) is 1. The summed E-state index contributed by atoms with van der Waals surface area (Å²) in [6, 6.07) is -0.845. The molecular weight excluding hydrogens is 669 g/mol. The van der Waals surface area contributed by atoms with Crippen molar-refractivity contribution < 1.29 is 106 Å². The molecule has 1 heterocycles. The van der Waals surface area contributed by atoms with Gasteiger partial charge < -0.3 is 24.4 Å². The number of hydrogen-bond acceptors (Lipinski definition) is 10. The largest absolute Gasteiger partial charge is 1.00 e. The van der Waals surface area contributed by atoms with E-state index in [4.69, 9.17) is 9.47 Å². The normalized spacial score (nSPS) is 18.2. The van der Waals surface area contributed by atoms with Gasteiger partial charge in [-0.3, -0.25) is 19.2 Å². The van der Waals surface area contributed by atoms with Crippen molar-refractivity contribution in [3.05, 3.63) is 0 Å². The standard InChI is InChI=1S/C20H38O7S.C11H18N2O3.2Na.H3P/c1-5-9-11-16(7-3)14-26-19(21)13-18(28(23,24)25)20(22)27-15-17(8-4)12-10-6-2;1-4-6-7(3)11(5-2)8(14)12-10(16)13-9(11)15;;;/h16-18H,5-15H2,1-4H3,(H,23,24,25);7H,4-6H2,1-3H3,(H2,12,13,14,15,16);;;1H3/q;;2*+1;/p-2. The number of nitrogens with zero attached hydrogens (tertiary/aromatic N) is 1. The number of nitrogens with one attached hydrogen (secondary N) is 1. The van der Waals surface area contributed by atoms with Crippen molar-refractivity contribution in [3.8, 4) is 0 Å². The van der Waals surface area contributed by atoms with Gasteiger partial charge in [-0.25, -0.2) is 13.4 Å². The third-order valence-corrected chi connectivity index (χ3v) is 9.38. The van der Waals surface area contributed by atoms with E-state index in [1.807, 2.05) is 27.7 Å². The molecule has 6 unspecified atom stereocenters. The predicted octanol–water partition coefficient (Wildman–Crippen LogP) is -1.93. The SMILES string of the molecule is CCCC(C)C1(CC)C(=O)N=C([O-])NC1=O.CCCCC(CC)COC(=O)CC(C(=O)OCC(CC)CCCC)S(=O)(=O)[O-].P.[Na+].[Na+]. The number of esters is 2. The Bertz CT molecular complexity index is 1060. The molecule has 0 radical (unpaired) electrons. The first-order valence-corrected chi connectivity index (χ1v) is 17.5. The van der Waals surface area contributed by atoms with E-state index < -0.39 is 57.0 Å². The first-order valence-electron chi connectivity index (χ1n) is 16.1. The monoisotopic (exact) mass is 726 g/mol. The van der Waals surface area contributed by atoms with Crippen LogP contribution in [-0.2, 0) is 38.8 Å². The summed E-state index contributed by atoms with van der Waals surface area (Å²) in [6.45, 7) is 13.9. The minimum Gasteiger partial charge on any atom is -0.846 e. The van der Waals surface area contributed by atoms with E-state index in [1.165, 1.54) is 0 Å². The van der Waals surface area contributed by atoms with Crippen LogP contribution >= 0.6 is 9.90 Å². The van der Waals surface area contributed by atoms with Gasteiger partial charge in [0.2, 0.25) is 5.91 Å². The molecule has 1 aliphatic heterocycles. The minimum absolute atomic E-state index is 0. The molecule has 1 rings (SSSR count). The molecule has 0 spiro atoms. The van der Waals surface area contributed by atoms with Crippen LogP contribution in [0, 0.1) is 23.2 Å². The molecule has 0 saturated heterocycles. The Kier molecular flexibility index (Phi) is 32.6. The fraction of sp³-hybridized carbons (Fsp3) is 0.839. The van der Waals surface area contributed by atoms with Crippen molar-refractivity contribution in [2.75, 3.05) is 13.2 Å². The number of carbonyl (C=O) groups excluding carboxylic acids is 4. The summed E-state index contributed by atoms with van der Waals surface area (Å²) < 4.78 is 44.6. The van der Waals surface area contributed by atoms with Gasteiger partial charge in [0, 0.05) is 0 Å². The van der Waals surface area contributed by atoms with Crippen molar-refractivity contribution in [1.82, 2.24) is 5.32 Å². The fourth-order valence-electron chi connectivity index (χ4n) is 5.11. The van der Waals surface area contributed by atoms with Crippen LogP contribution in [0.15, 0.2) is 4.99 Å². The number of carbonyl (C=O) groups is 4. The van der Waals surface area contributed by atoms with Crippen molar-refractivity contribution in [2.45, 2.75) is 131 Å². The molecule has 0 aliphatic carbocycles. The topological polar surface area (TPSA) is 191 Å². The molecule has 264 valence electrons. The Morgan fingerprint density at radius 2 is 1.36 bits per heavy atom. The quantitative estimate of drug-likeness (QED) is 0.0486. The third-order valence-electron chi connectivity index (χ3n) is 8.32. The van der Waals surface area contributed by atoms with Crippen molar-refractivity contribution in [1.29, 1.82) is 0 Å². The van der Waals surface area contributed by atoms with Crippen LogP contribution in [0.3, 0.4) is 0 Å². The van der Waals surface area contributed by atoms with Crippen molar-refractivity contribution in [2.24, 2.45) is 28.2 Å². The minimum atomic E-state index is -5.01. The molecule has 2 amide bonds. The van der Waals surface area contributed by atoms with E-state index in [2.05, 4.69) is 24.2 Å². The summed E-state index contributed by atoms with van der Waals surface area (Å²) >= 11 is 0. The average molecular weight is 727 g/mol. The van der Waals surface area contributed by atoms with Gasteiger partial charge in [-0.15, -0.1) is 0 Å². The summed E-state index contributed by atoms with van der Waals surface area (Å²) in [4.78, 5) is 51.2. The Morgan fingerprint density at radius 3 is 1.74 bits per heavy atom. The Balaban J connectivity index is -0.000000416. The molecule has 0 fully saturated rings. The van der Waals surface area contributed by atoms with Crippen LogP contribution in [0.4, 0.5) is 0 Å². The van der Waals surface area contributed by atoms with E-state index in [1.54, 1.807) is 6.92 Å². The van der Waals surface area contributed by atoms with E-state index in [-0.39, 0.29) is 100.0 Å². The summed E-state index contributed by atoms with van der Waals surface area (Å²) in [5, 5.41) is 11.0. The van der Waals surface area contributed by atoms with Gasteiger partial charge in [0.1, 0.15) is 15.5 Å². The molecular formula is C31H57N2Na2O10PS. The van der Waals surface area contributed by atoms with E-state index in [0.717, 1.165) is 64.2 Å². The summed E-state index contributed by atoms with van der Waals surface area (Å²) in [5.74, 6) is -2.94. The van der Waals surface area contributed by atoms with Crippen LogP contribution in [-0.4, -0.2) is 61.2 Å². The van der Waals surface area contributed by atoms with Gasteiger partial charge >= 0.3 is 71.1 Å². The smallest absolute Gasteiger partial charge is 0.846 e. The molecule has 47 heavy (non-hydrogen) atoms. The zero-order valence-corrected chi connectivity index (χ0v) is 36.6. The van der Waals surface area contributed by atoms with Gasteiger partial charge in [0.15, 0.2) is 5.25 Å². The van der Waals surface area contributed by atoms with Gasteiger partial charge in [-0.1, -0.05) is 93.4 Å². The molecule has 1 N–H and O–H groups in total.